The van der Waals surface area contributed by atoms with E-state index < -0.39 is 0 Å². The van der Waals surface area contributed by atoms with Gasteiger partial charge in [-0.05, 0) is 23.3 Å². The summed E-state index contributed by atoms with van der Waals surface area (Å²) in [5.74, 6) is 0. The number of nitrogens with zero attached hydrogens (tertiary/aromatic N) is 1. The van der Waals surface area contributed by atoms with Crippen LogP contribution in [0.15, 0.2) is 91.0 Å². The fourth-order valence-electron chi connectivity index (χ4n) is 2.84. The molecule has 0 fully saturated rings. The largest absolute Gasteiger partial charge is 0.394 e. The van der Waals surface area contributed by atoms with Gasteiger partial charge < -0.3 is 10.0 Å². The smallest absolute Gasteiger partial charge is 0.0777 e. The van der Waals surface area contributed by atoms with Crippen LogP contribution in [0.4, 0.5) is 5.69 Å². The van der Waals surface area contributed by atoms with E-state index in [0.717, 1.165) is 17.8 Å². The summed E-state index contributed by atoms with van der Waals surface area (Å²) in [6.07, 6.45) is 0. The molecule has 1 unspecified atom stereocenters. The van der Waals surface area contributed by atoms with E-state index in [1.807, 2.05) is 42.5 Å². The molecule has 0 aromatic heterocycles. The molecule has 116 valence electrons. The SMILES string of the molecule is OCC(c1ccccc1)N(Cc1ccccc1)c1ccccc1. The summed E-state index contributed by atoms with van der Waals surface area (Å²) in [6.45, 7) is 0.830. The molecule has 0 bridgehead atoms. The van der Waals surface area contributed by atoms with Crippen molar-refractivity contribution in [3.8, 4) is 0 Å². The molecular formula is C21H21NO. The Hall–Kier alpha value is -2.58. The zero-order valence-electron chi connectivity index (χ0n) is 13.0. The molecule has 0 aliphatic carbocycles. The highest BCUT2D eigenvalue weighted by molar-refractivity contribution is 5.49. The molecule has 2 heteroatoms. The van der Waals surface area contributed by atoms with Gasteiger partial charge in [-0.2, -0.15) is 0 Å². The maximum absolute atomic E-state index is 10.0. The van der Waals surface area contributed by atoms with Crippen molar-refractivity contribution < 1.29 is 5.11 Å². The van der Waals surface area contributed by atoms with Gasteiger partial charge >= 0.3 is 0 Å². The standard InChI is InChI=1S/C21H21NO/c23-17-21(19-12-6-2-7-13-19)22(20-14-8-3-9-15-20)16-18-10-4-1-5-11-18/h1-15,21,23H,16-17H2. The summed E-state index contributed by atoms with van der Waals surface area (Å²) in [5, 5.41) is 10.0. The molecule has 0 saturated heterocycles. The Morgan fingerprint density at radius 1 is 0.696 bits per heavy atom. The van der Waals surface area contributed by atoms with Crippen molar-refractivity contribution in [1.82, 2.24) is 0 Å². The molecule has 3 rings (SSSR count). The number of aliphatic hydroxyl groups is 1. The average Bonchev–Trinajstić information content (AvgIpc) is 2.64. The summed E-state index contributed by atoms with van der Waals surface area (Å²) in [7, 11) is 0. The van der Waals surface area contributed by atoms with Gasteiger partial charge in [0.1, 0.15) is 0 Å². The lowest BCUT2D eigenvalue weighted by atomic mass is 10.0. The molecule has 3 aromatic carbocycles. The summed E-state index contributed by atoms with van der Waals surface area (Å²) in [4.78, 5) is 2.25. The first-order valence-corrected chi connectivity index (χ1v) is 7.90. The van der Waals surface area contributed by atoms with Crippen LogP contribution in [0.1, 0.15) is 17.2 Å². The highest BCUT2D eigenvalue weighted by Gasteiger charge is 2.20. The molecule has 1 N–H and O–H groups in total. The van der Waals surface area contributed by atoms with Gasteiger partial charge in [-0.25, -0.2) is 0 Å². The fourth-order valence-corrected chi connectivity index (χ4v) is 2.84. The molecule has 2 nitrogen and oxygen atoms in total. The highest BCUT2D eigenvalue weighted by Crippen LogP contribution is 2.28. The van der Waals surface area contributed by atoms with Gasteiger partial charge in [0.2, 0.25) is 0 Å². The predicted octanol–water partition coefficient (Wildman–Crippen LogP) is 4.43. The highest BCUT2D eigenvalue weighted by atomic mass is 16.3. The van der Waals surface area contributed by atoms with E-state index in [4.69, 9.17) is 0 Å². The van der Waals surface area contributed by atoms with Crippen LogP contribution in [0, 0.1) is 0 Å². The second-order valence-corrected chi connectivity index (χ2v) is 5.56. The molecule has 23 heavy (non-hydrogen) atoms. The Kier molecular flexibility index (Phi) is 5.07. The molecule has 0 aliphatic rings. The zero-order valence-corrected chi connectivity index (χ0v) is 13.0. The average molecular weight is 303 g/mol. The number of hydrogen-bond acceptors (Lipinski definition) is 2. The van der Waals surface area contributed by atoms with Crippen LogP contribution in [0.2, 0.25) is 0 Å². The molecule has 0 heterocycles. The van der Waals surface area contributed by atoms with Gasteiger partial charge in [-0.15, -0.1) is 0 Å². The lowest BCUT2D eigenvalue weighted by molar-refractivity contribution is 0.260. The molecule has 0 saturated carbocycles. The monoisotopic (exact) mass is 303 g/mol. The zero-order chi connectivity index (χ0) is 15.9. The van der Waals surface area contributed by atoms with Crippen molar-refractivity contribution in [2.45, 2.75) is 12.6 Å². The number of hydrogen-bond donors (Lipinski definition) is 1. The topological polar surface area (TPSA) is 23.5 Å². The van der Waals surface area contributed by atoms with Crippen LogP contribution in [0.5, 0.6) is 0 Å². The number of para-hydroxylation sites is 1. The van der Waals surface area contributed by atoms with Gasteiger partial charge in [-0.3, -0.25) is 0 Å². The van der Waals surface area contributed by atoms with Gasteiger partial charge in [0, 0.05) is 12.2 Å². The second-order valence-electron chi connectivity index (χ2n) is 5.56. The second kappa shape index (κ2) is 7.61. The maximum Gasteiger partial charge on any atom is 0.0777 e. The van der Waals surface area contributed by atoms with Crippen LogP contribution < -0.4 is 4.90 Å². The maximum atomic E-state index is 10.0. The van der Waals surface area contributed by atoms with Gasteiger partial charge in [0.25, 0.3) is 0 Å². The summed E-state index contributed by atoms with van der Waals surface area (Å²) in [5.41, 5.74) is 3.46. The molecule has 3 aromatic rings. The third-order valence-electron chi connectivity index (χ3n) is 4.02. The molecule has 1 atom stereocenters. The number of anilines is 1. The molecule has 0 radical (unpaired) electrons. The first-order chi connectivity index (χ1) is 11.4. The normalized spacial score (nSPS) is 11.9. The minimum absolute atomic E-state index is 0.0705. The van der Waals surface area contributed by atoms with Crippen molar-refractivity contribution >= 4 is 5.69 Å². The molecule has 0 amide bonds. The van der Waals surface area contributed by atoms with Crippen molar-refractivity contribution in [2.24, 2.45) is 0 Å². The lowest BCUT2D eigenvalue weighted by Crippen LogP contribution is -2.30. The van der Waals surface area contributed by atoms with Crippen molar-refractivity contribution in [3.63, 3.8) is 0 Å². The van der Waals surface area contributed by atoms with Crippen LogP contribution >= 0.6 is 0 Å². The Bertz CT molecular complexity index is 698. The molecular weight excluding hydrogens is 282 g/mol. The van der Waals surface area contributed by atoms with E-state index in [1.165, 1.54) is 5.56 Å². The van der Waals surface area contributed by atoms with Gasteiger partial charge in [0.05, 0.1) is 12.6 Å². The third kappa shape index (κ3) is 3.79. The quantitative estimate of drug-likeness (QED) is 0.728. The Morgan fingerprint density at radius 3 is 1.78 bits per heavy atom. The number of rotatable bonds is 6. The first-order valence-electron chi connectivity index (χ1n) is 7.90. The van der Waals surface area contributed by atoms with Crippen molar-refractivity contribution in [3.05, 3.63) is 102 Å². The van der Waals surface area contributed by atoms with Gasteiger partial charge in [0.15, 0.2) is 0 Å². The van der Waals surface area contributed by atoms with E-state index in [9.17, 15) is 5.11 Å². The van der Waals surface area contributed by atoms with E-state index in [2.05, 4.69) is 53.4 Å². The van der Waals surface area contributed by atoms with E-state index in [0.29, 0.717) is 0 Å². The van der Waals surface area contributed by atoms with Crippen LogP contribution in [-0.4, -0.2) is 11.7 Å². The Labute approximate surface area is 137 Å². The summed E-state index contributed by atoms with van der Waals surface area (Å²) in [6, 6.07) is 30.7. The molecule has 0 aliphatic heterocycles. The van der Waals surface area contributed by atoms with Crippen LogP contribution in [0.3, 0.4) is 0 Å². The van der Waals surface area contributed by atoms with Crippen molar-refractivity contribution in [1.29, 1.82) is 0 Å². The minimum atomic E-state index is -0.0705. The van der Waals surface area contributed by atoms with Crippen LogP contribution in [-0.2, 0) is 6.54 Å². The number of benzene rings is 3. The third-order valence-corrected chi connectivity index (χ3v) is 4.02. The predicted molar refractivity (Wildman–Crippen MR) is 95.3 cm³/mol. The van der Waals surface area contributed by atoms with Crippen LogP contribution in [0.25, 0.3) is 0 Å². The van der Waals surface area contributed by atoms with E-state index in [1.54, 1.807) is 0 Å². The summed E-state index contributed by atoms with van der Waals surface area (Å²) < 4.78 is 0. The molecule has 0 spiro atoms. The number of aliphatic hydroxyl groups excluding tert-OH is 1. The lowest BCUT2D eigenvalue weighted by Gasteiger charge is -2.33. The first kappa shape index (κ1) is 15.3. The Morgan fingerprint density at radius 2 is 1.22 bits per heavy atom. The van der Waals surface area contributed by atoms with Crippen molar-refractivity contribution in [2.75, 3.05) is 11.5 Å². The fraction of sp³-hybridized carbons (Fsp3) is 0.143. The Balaban J connectivity index is 1.97. The minimum Gasteiger partial charge on any atom is -0.394 e. The summed E-state index contributed by atoms with van der Waals surface area (Å²) >= 11 is 0. The van der Waals surface area contributed by atoms with Gasteiger partial charge in [-0.1, -0.05) is 78.9 Å². The van der Waals surface area contributed by atoms with E-state index >= 15 is 0 Å². The van der Waals surface area contributed by atoms with E-state index in [-0.39, 0.29) is 12.6 Å².